The van der Waals surface area contributed by atoms with Crippen LogP contribution in [0.4, 0.5) is 5.69 Å². The number of aryl methyl sites for hydroxylation is 1. The summed E-state index contributed by atoms with van der Waals surface area (Å²) in [5, 5.41) is 0. The highest BCUT2D eigenvalue weighted by atomic mass is 32.2. The summed E-state index contributed by atoms with van der Waals surface area (Å²) in [6.07, 6.45) is 0. The number of ether oxygens (including phenoxy) is 2. The van der Waals surface area contributed by atoms with Crippen molar-refractivity contribution in [1.82, 2.24) is 4.90 Å². The van der Waals surface area contributed by atoms with Gasteiger partial charge >= 0.3 is 0 Å². The number of amides is 1. The molecule has 0 aliphatic heterocycles. The Morgan fingerprint density at radius 3 is 1.92 bits per heavy atom. The van der Waals surface area contributed by atoms with Gasteiger partial charge in [-0.15, -0.1) is 0 Å². The Morgan fingerprint density at radius 1 is 0.795 bits per heavy atom. The summed E-state index contributed by atoms with van der Waals surface area (Å²) in [5.41, 5.74) is 3.08. The van der Waals surface area contributed by atoms with Gasteiger partial charge in [-0.3, -0.25) is 9.52 Å². The summed E-state index contributed by atoms with van der Waals surface area (Å²) in [7, 11) is -3.81. The van der Waals surface area contributed by atoms with Crippen molar-refractivity contribution < 1.29 is 22.7 Å². The molecule has 4 aromatic rings. The van der Waals surface area contributed by atoms with Gasteiger partial charge in [-0.25, -0.2) is 8.42 Å². The van der Waals surface area contributed by atoms with Gasteiger partial charge in [0.05, 0.1) is 11.5 Å². The smallest absolute Gasteiger partial charge is 0.261 e. The van der Waals surface area contributed by atoms with Crippen LogP contribution in [-0.2, 0) is 27.9 Å². The SMILES string of the molecule is CCOc1ccc(NS(=O)(=O)c2ccc(OCC(=O)N(Cc3ccccc3)Cc3ccccc3)c(C)c2)cc1. The molecule has 0 saturated carbocycles. The maximum absolute atomic E-state index is 13.2. The predicted octanol–water partition coefficient (Wildman–Crippen LogP) is 5.80. The lowest BCUT2D eigenvalue weighted by Crippen LogP contribution is -2.34. The molecule has 0 aromatic heterocycles. The molecule has 0 heterocycles. The third-order valence-corrected chi connectivity index (χ3v) is 7.39. The molecule has 202 valence electrons. The molecule has 0 fully saturated rings. The second-order valence-electron chi connectivity index (χ2n) is 9.00. The summed E-state index contributed by atoms with van der Waals surface area (Å²) in [6.45, 7) is 4.89. The lowest BCUT2D eigenvalue weighted by molar-refractivity contribution is -0.134. The van der Waals surface area contributed by atoms with E-state index in [1.807, 2.05) is 67.6 Å². The van der Waals surface area contributed by atoms with Crippen molar-refractivity contribution in [3.63, 3.8) is 0 Å². The quantitative estimate of drug-likeness (QED) is 0.244. The molecule has 4 aromatic carbocycles. The van der Waals surface area contributed by atoms with Gasteiger partial charge in [-0.2, -0.15) is 0 Å². The summed E-state index contributed by atoms with van der Waals surface area (Å²) in [4.78, 5) is 15.1. The molecule has 0 unspecified atom stereocenters. The van der Waals surface area contributed by atoms with Gasteiger partial charge in [0.1, 0.15) is 11.5 Å². The Balaban J connectivity index is 1.42. The number of anilines is 1. The number of carbonyl (C=O) groups excluding carboxylic acids is 1. The highest BCUT2D eigenvalue weighted by molar-refractivity contribution is 7.92. The van der Waals surface area contributed by atoms with E-state index in [1.54, 1.807) is 42.2 Å². The molecule has 0 spiro atoms. The van der Waals surface area contributed by atoms with Crippen LogP contribution in [0.25, 0.3) is 0 Å². The highest BCUT2D eigenvalue weighted by Gasteiger charge is 2.18. The summed E-state index contributed by atoms with van der Waals surface area (Å²) >= 11 is 0. The molecule has 1 amide bonds. The number of sulfonamides is 1. The summed E-state index contributed by atoms with van der Waals surface area (Å²) < 4.78 is 39.7. The first-order chi connectivity index (χ1) is 18.8. The maximum Gasteiger partial charge on any atom is 0.261 e. The van der Waals surface area contributed by atoms with Gasteiger partial charge in [-0.1, -0.05) is 60.7 Å². The number of hydrogen-bond donors (Lipinski definition) is 1. The number of rotatable bonds is 12. The third-order valence-electron chi connectivity index (χ3n) is 6.01. The topological polar surface area (TPSA) is 84.9 Å². The second-order valence-corrected chi connectivity index (χ2v) is 10.7. The monoisotopic (exact) mass is 544 g/mol. The molecular formula is C31H32N2O5S. The van der Waals surface area contributed by atoms with Gasteiger partial charge < -0.3 is 14.4 Å². The zero-order chi connectivity index (χ0) is 27.7. The fourth-order valence-electron chi connectivity index (χ4n) is 4.02. The lowest BCUT2D eigenvalue weighted by atomic mass is 10.1. The van der Waals surface area contributed by atoms with E-state index in [1.165, 1.54) is 12.1 Å². The fraction of sp³-hybridized carbons (Fsp3) is 0.194. The molecule has 39 heavy (non-hydrogen) atoms. The Labute approximate surface area is 230 Å². The Bertz CT molecular complexity index is 1430. The summed E-state index contributed by atoms with van der Waals surface area (Å²) in [5.74, 6) is 0.942. The fourth-order valence-corrected chi connectivity index (χ4v) is 5.16. The van der Waals surface area contributed by atoms with Crippen molar-refractivity contribution >= 4 is 21.6 Å². The molecule has 0 aliphatic rings. The molecule has 7 nitrogen and oxygen atoms in total. The molecule has 1 N–H and O–H groups in total. The van der Waals surface area contributed by atoms with Crippen molar-refractivity contribution in [3.05, 3.63) is 120 Å². The van der Waals surface area contributed by atoms with Crippen LogP contribution >= 0.6 is 0 Å². The van der Waals surface area contributed by atoms with Gasteiger partial charge in [0.25, 0.3) is 15.9 Å². The molecule has 0 atom stereocenters. The Hall–Kier alpha value is -4.30. The minimum absolute atomic E-state index is 0.0994. The van der Waals surface area contributed by atoms with Crippen molar-refractivity contribution in [3.8, 4) is 11.5 Å². The third kappa shape index (κ3) is 7.85. The standard InChI is InChI=1S/C31H32N2O5S/c1-3-37-28-16-14-27(15-17-28)32-39(35,36)29-18-19-30(24(2)20-29)38-23-31(34)33(21-25-10-6-4-7-11-25)22-26-12-8-5-9-13-26/h4-20,32H,3,21-23H2,1-2H3. The number of benzene rings is 4. The second kappa shape index (κ2) is 13.0. The van der Waals surface area contributed by atoms with Crippen molar-refractivity contribution in [2.24, 2.45) is 0 Å². The van der Waals surface area contributed by atoms with Gasteiger partial charge in [-0.05, 0) is 73.0 Å². The first kappa shape index (κ1) is 27.7. The first-order valence-electron chi connectivity index (χ1n) is 12.7. The van der Waals surface area contributed by atoms with Crippen LogP contribution in [0.15, 0.2) is 108 Å². The van der Waals surface area contributed by atoms with E-state index in [0.717, 1.165) is 11.1 Å². The number of carbonyl (C=O) groups is 1. The van der Waals surface area contributed by atoms with Gasteiger partial charge in [0.2, 0.25) is 0 Å². The molecule has 0 radical (unpaired) electrons. The van der Waals surface area contributed by atoms with Crippen LogP contribution in [0.3, 0.4) is 0 Å². The minimum Gasteiger partial charge on any atom is -0.494 e. The Kier molecular flexibility index (Phi) is 9.22. The van der Waals surface area contributed by atoms with E-state index in [2.05, 4.69) is 4.72 Å². The number of hydrogen-bond acceptors (Lipinski definition) is 5. The van der Waals surface area contributed by atoms with Crippen LogP contribution in [-0.4, -0.2) is 32.4 Å². The number of nitrogens with zero attached hydrogens (tertiary/aromatic N) is 1. The van der Waals surface area contributed by atoms with Crippen LogP contribution in [0.2, 0.25) is 0 Å². The minimum atomic E-state index is -3.81. The van der Waals surface area contributed by atoms with Crippen LogP contribution in [0.1, 0.15) is 23.6 Å². The molecule has 4 rings (SSSR count). The molecule has 8 heteroatoms. The lowest BCUT2D eigenvalue weighted by Gasteiger charge is -2.23. The highest BCUT2D eigenvalue weighted by Crippen LogP contribution is 2.25. The average molecular weight is 545 g/mol. The normalized spacial score (nSPS) is 11.0. The van der Waals surface area contributed by atoms with Gasteiger partial charge in [0.15, 0.2) is 6.61 Å². The summed E-state index contributed by atoms with van der Waals surface area (Å²) in [6, 6.07) is 30.9. The Morgan fingerprint density at radius 2 is 1.38 bits per heavy atom. The van der Waals surface area contributed by atoms with Crippen molar-refractivity contribution in [1.29, 1.82) is 0 Å². The predicted molar refractivity (Wildman–Crippen MR) is 152 cm³/mol. The van der Waals surface area contributed by atoms with E-state index < -0.39 is 10.0 Å². The first-order valence-corrected chi connectivity index (χ1v) is 14.2. The van der Waals surface area contributed by atoms with E-state index in [0.29, 0.717) is 42.4 Å². The molecule has 0 saturated heterocycles. The molecular weight excluding hydrogens is 512 g/mol. The van der Waals surface area contributed by atoms with E-state index in [9.17, 15) is 13.2 Å². The van der Waals surface area contributed by atoms with Crippen molar-refractivity contribution in [2.75, 3.05) is 17.9 Å². The van der Waals surface area contributed by atoms with Crippen LogP contribution in [0.5, 0.6) is 11.5 Å². The van der Waals surface area contributed by atoms with E-state index >= 15 is 0 Å². The van der Waals surface area contributed by atoms with Crippen LogP contribution in [0, 0.1) is 6.92 Å². The molecule has 0 aliphatic carbocycles. The van der Waals surface area contributed by atoms with Gasteiger partial charge in [0, 0.05) is 18.8 Å². The maximum atomic E-state index is 13.2. The molecule has 0 bridgehead atoms. The number of nitrogens with one attached hydrogen (secondary N) is 1. The largest absolute Gasteiger partial charge is 0.494 e. The van der Waals surface area contributed by atoms with E-state index in [4.69, 9.17) is 9.47 Å². The van der Waals surface area contributed by atoms with Crippen LogP contribution < -0.4 is 14.2 Å². The van der Waals surface area contributed by atoms with Crippen molar-refractivity contribution in [2.45, 2.75) is 31.8 Å². The van der Waals surface area contributed by atoms with E-state index in [-0.39, 0.29) is 17.4 Å². The average Bonchev–Trinajstić information content (AvgIpc) is 2.94. The zero-order valence-electron chi connectivity index (χ0n) is 22.0. The zero-order valence-corrected chi connectivity index (χ0v) is 22.9.